The predicted octanol–water partition coefficient (Wildman–Crippen LogP) is 4.22. The van der Waals surface area contributed by atoms with E-state index >= 15 is 0 Å². The highest BCUT2D eigenvalue weighted by atomic mass is 32.2. The molecule has 5 nitrogen and oxygen atoms in total. The lowest BCUT2D eigenvalue weighted by Crippen LogP contribution is -2.31. The molecule has 0 aromatic heterocycles. The second-order valence-corrected chi connectivity index (χ2v) is 8.77. The second kappa shape index (κ2) is 9.94. The first-order valence-corrected chi connectivity index (χ1v) is 11.2. The molecule has 0 saturated heterocycles. The molecular formula is C24H27NO4S. The third kappa shape index (κ3) is 5.51. The van der Waals surface area contributed by atoms with E-state index in [0.717, 1.165) is 19.3 Å². The number of nitrogens with one attached hydrogen (secondary N) is 1. The quantitative estimate of drug-likeness (QED) is 0.389. The van der Waals surface area contributed by atoms with Gasteiger partial charge in [-0.25, -0.2) is 4.79 Å². The second-order valence-electron chi connectivity index (χ2n) is 7.76. The number of esters is 1. The standard InChI is InChI=1S/C24H27NO4S/c1-15(2)25-22(26)14-30-21-10-5-4-9-20(21)24(28)29-16(3)23(27)19-12-11-17-7-6-8-18(17)13-19/h4-5,9-13,15-16H,6-8,14H2,1-3H3,(H,25,26)/t16-/m0/s1. The minimum absolute atomic E-state index is 0.0596. The number of aryl methyl sites for hydroxylation is 2. The van der Waals surface area contributed by atoms with Crippen molar-refractivity contribution < 1.29 is 19.1 Å². The largest absolute Gasteiger partial charge is 0.451 e. The normalized spacial score (nSPS) is 13.6. The summed E-state index contributed by atoms with van der Waals surface area (Å²) in [6.07, 6.45) is 2.26. The lowest BCUT2D eigenvalue weighted by atomic mass is 10.0. The Labute approximate surface area is 181 Å². The van der Waals surface area contributed by atoms with Crippen molar-refractivity contribution in [3.63, 3.8) is 0 Å². The van der Waals surface area contributed by atoms with Crippen LogP contribution in [-0.2, 0) is 22.4 Å². The minimum Gasteiger partial charge on any atom is -0.451 e. The fraction of sp³-hybridized carbons (Fsp3) is 0.375. The van der Waals surface area contributed by atoms with Gasteiger partial charge in [0.25, 0.3) is 0 Å². The van der Waals surface area contributed by atoms with E-state index in [2.05, 4.69) is 5.32 Å². The monoisotopic (exact) mass is 425 g/mol. The summed E-state index contributed by atoms with van der Waals surface area (Å²) in [5, 5.41) is 2.82. The Morgan fingerprint density at radius 1 is 1.03 bits per heavy atom. The van der Waals surface area contributed by atoms with Gasteiger partial charge in [0, 0.05) is 16.5 Å². The molecule has 0 bridgehead atoms. The maximum absolute atomic E-state index is 12.8. The van der Waals surface area contributed by atoms with E-state index < -0.39 is 12.1 Å². The van der Waals surface area contributed by atoms with Crippen molar-refractivity contribution in [2.24, 2.45) is 0 Å². The van der Waals surface area contributed by atoms with Crippen LogP contribution in [0.15, 0.2) is 47.4 Å². The first kappa shape index (κ1) is 22.1. The van der Waals surface area contributed by atoms with Gasteiger partial charge in [-0.3, -0.25) is 9.59 Å². The number of thioether (sulfide) groups is 1. The molecule has 0 aliphatic heterocycles. The molecule has 3 rings (SSSR count). The Morgan fingerprint density at radius 3 is 2.53 bits per heavy atom. The van der Waals surface area contributed by atoms with Crippen molar-refractivity contribution in [1.82, 2.24) is 5.32 Å². The van der Waals surface area contributed by atoms with Gasteiger partial charge in [-0.1, -0.05) is 24.3 Å². The molecule has 1 aliphatic carbocycles. The fourth-order valence-electron chi connectivity index (χ4n) is 3.51. The Balaban J connectivity index is 1.65. The van der Waals surface area contributed by atoms with Gasteiger partial charge in [0.15, 0.2) is 6.10 Å². The molecule has 30 heavy (non-hydrogen) atoms. The van der Waals surface area contributed by atoms with Crippen LogP contribution in [0.2, 0.25) is 0 Å². The maximum atomic E-state index is 12.8. The molecule has 6 heteroatoms. The number of hydrogen-bond acceptors (Lipinski definition) is 5. The van der Waals surface area contributed by atoms with Gasteiger partial charge in [-0.2, -0.15) is 0 Å². The van der Waals surface area contributed by atoms with Crippen molar-refractivity contribution in [2.45, 2.75) is 57.1 Å². The van der Waals surface area contributed by atoms with E-state index in [-0.39, 0.29) is 23.5 Å². The highest BCUT2D eigenvalue weighted by molar-refractivity contribution is 8.00. The molecule has 1 amide bonds. The zero-order valence-electron chi connectivity index (χ0n) is 17.6. The summed E-state index contributed by atoms with van der Waals surface area (Å²) in [6, 6.07) is 12.8. The van der Waals surface area contributed by atoms with Crippen LogP contribution in [0.25, 0.3) is 0 Å². The minimum atomic E-state index is -0.890. The fourth-order valence-corrected chi connectivity index (χ4v) is 4.36. The van der Waals surface area contributed by atoms with Crippen LogP contribution in [0, 0.1) is 0 Å². The summed E-state index contributed by atoms with van der Waals surface area (Å²) in [5.74, 6) is -0.672. The van der Waals surface area contributed by atoms with Gasteiger partial charge in [-0.15, -0.1) is 11.8 Å². The van der Waals surface area contributed by atoms with E-state index in [4.69, 9.17) is 4.74 Å². The molecule has 2 aromatic carbocycles. The topological polar surface area (TPSA) is 72.5 Å². The molecule has 0 fully saturated rings. The Hall–Kier alpha value is -2.60. The third-order valence-electron chi connectivity index (χ3n) is 4.95. The van der Waals surface area contributed by atoms with Crippen molar-refractivity contribution >= 4 is 29.4 Å². The zero-order valence-corrected chi connectivity index (χ0v) is 18.4. The summed E-state index contributed by atoms with van der Waals surface area (Å²) >= 11 is 1.27. The first-order valence-electron chi connectivity index (χ1n) is 10.2. The number of carbonyl (C=O) groups excluding carboxylic acids is 3. The number of hydrogen-bond donors (Lipinski definition) is 1. The van der Waals surface area contributed by atoms with E-state index in [1.54, 1.807) is 31.2 Å². The predicted molar refractivity (Wildman–Crippen MR) is 118 cm³/mol. The average molecular weight is 426 g/mol. The van der Waals surface area contributed by atoms with E-state index in [1.807, 2.05) is 32.0 Å². The highest BCUT2D eigenvalue weighted by Crippen LogP contribution is 2.25. The molecule has 0 spiro atoms. The van der Waals surface area contributed by atoms with E-state index in [9.17, 15) is 14.4 Å². The van der Waals surface area contributed by atoms with Gasteiger partial charge in [0.2, 0.25) is 11.7 Å². The summed E-state index contributed by atoms with van der Waals surface area (Å²) in [7, 11) is 0. The molecule has 0 unspecified atom stereocenters. The van der Waals surface area contributed by atoms with Crippen molar-refractivity contribution in [3.8, 4) is 0 Å². The Bertz CT molecular complexity index is 954. The molecule has 1 aliphatic rings. The molecule has 0 heterocycles. The van der Waals surface area contributed by atoms with Gasteiger partial charge in [-0.05, 0) is 69.4 Å². The summed E-state index contributed by atoms with van der Waals surface area (Å²) in [6.45, 7) is 5.39. The Morgan fingerprint density at radius 2 is 1.77 bits per heavy atom. The number of ether oxygens (including phenoxy) is 1. The van der Waals surface area contributed by atoms with Crippen LogP contribution < -0.4 is 5.32 Å². The molecular weight excluding hydrogens is 398 g/mol. The SMILES string of the molecule is CC(C)NC(=O)CSc1ccccc1C(=O)O[C@@H](C)C(=O)c1ccc2c(c1)CCC2. The number of benzene rings is 2. The highest BCUT2D eigenvalue weighted by Gasteiger charge is 2.23. The van der Waals surface area contributed by atoms with Crippen LogP contribution in [0.3, 0.4) is 0 Å². The van der Waals surface area contributed by atoms with Crippen LogP contribution >= 0.6 is 11.8 Å². The van der Waals surface area contributed by atoms with Gasteiger partial charge in [0.1, 0.15) is 0 Å². The summed E-state index contributed by atoms with van der Waals surface area (Å²) in [4.78, 5) is 38.1. The van der Waals surface area contributed by atoms with Crippen LogP contribution in [0.1, 0.15) is 59.0 Å². The lowest BCUT2D eigenvalue weighted by Gasteiger charge is -2.15. The summed E-state index contributed by atoms with van der Waals surface area (Å²) in [5.41, 5.74) is 3.43. The Kier molecular flexibility index (Phi) is 7.32. The zero-order chi connectivity index (χ0) is 21.7. The van der Waals surface area contributed by atoms with Crippen LogP contribution in [-0.4, -0.2) is 35.6 Å². The first-order chi connectivity index (χ1) is 14.3. The number of rotatable bonds is 8. The van der Waals surface area contributed by atoms with Crippen LogP contribution in [0.4, 0.5) is 0 Å². The summed E-state index contributed by atoms with van der Waals surface area (Å²) < 4.78 is 5.48. The molecule has 158 valence electrons. The van der Waals surface area contributed by atoms with Gasteiger partial charge >= 0.3 is 5.97 Å². The van der Waals surface area contributed by atoms with E-state index in [0.29, 0.717) is 16.0 Å². The van der Waals surface area contributed by atoms with Crippen molar-refractivity contribution in [1.29, 1.82) is 0 Å². The number of carbonyl (C=O) groups is 3. The molecule has 0 radical (unpaired) electrons. The van der Waals surface area contributed by atoms with Crippen LogP contribution in [0.5, 0.6) is 0 Å². The average Bonchev–Trinajstić information content (AvgIpc) is 3.19. The molecule has 2 aromatic rings. The molecule has 1 N–H and O–H groups in total. The van der Waals surface area contributed by atoms with Crippen molar-refractivity contribution in [2.75, 3.05) is 5.75 Å². The lowest BCUT2D eigenvalue weighted by molar-refractivity contribution is -0.119. The molecule has 1 atom stereocenters. The number of ketones is 1. The van der Waals surface area contributed by atoms with E-state index in [1.165, 1.54) is 22.9 Å². The van der Waals surface area contributed by atoms with Crippen molar-refractivity contribution in [3.05, 3.63) is 64.7 Å². The maximum Gasteiger partial charge on any atom is 0.339 e. The number of Topliss-reactive ketones (excluding diaryl/α,β-unsaturated/α-hetero) is 1. The smallest absolute Gasteiger partial charge is 0.339 e. The molecule has 0 saturated carbocycles. The number of amides is 1. The third-order valence-corrected chi connectivity index (χ3v) is 6.02. The number of fused-ring (bicyclic) bond motifs is 1. The van der Waals surface area contributed by atoms with Gasteiger partial charge in [0.05, 0.1) is 11.3 Å². The van der Waals surface area contributed by atoms with Gasteiger partial charge < -0.3 is 10.1 Å².